The lowest BCUT2D eigenvalue weighted by Crippen LogP contribution is -2.25. The van der Waals surface area contributed by atoms with Crippen molar-refractivity contribution in [1.29, 1.82) is 0 Å². The molecule has 1 unspecified atom stereocenters. The van der Waals surface area contributed by atoms with Crippen molar-refractivity contribution in [2.24, 2.45) is 0 Å². The average Bonchev–Trinajstić information content (AvgIpc) is 2.69. The van der Waals surface area contributed by atoms with E-state index in [-0.39, 0.29) is 5.91 Å². The van der Waals surface area contributed by atoms with E-state index in [9.17, 15) is 9.59 Å². The van der Waals surface area contributed by atoms with E-state index in [0.29, 0.717) is 23.3 Å². The van der Waals surface area contributed by atoms with Crippen LogP contribution in [-0.2, 0) is 17.8 Å². The van der Waals surface area contributed by atoms with Crippen molar-refractivity contribution in [3.8, 4) is 0 Å². The molecular formula is C20H20BrN5O2S. The number of anilines is 2. The number of nitrogens with two attached hydrogens (primary N) is 1. The summed E-state index contributed by atoms with van der Waals surface area (Å²) in [6, 6.07) is 14.8. The minimum atomic E-state index is -0.503. The van der Waals surface area contributed by atoms with Crippen molar-refractivity contribution in [2.45, 2.75) is 30.3 Å². The second-order valence-corrected chi connectivity index (χ2v) is 8.52. The SMILES string of the molecule is CC(Sc1nc(=O)cc(N)n1CCc1ccccc1)C(=O)Nc1ccc(Br)cn1. The van der Waals surface area contributed by atoms with Crippen molar-refractivity contribution in [2.75, 3.05) is 11.1 Å². The molecule has 0 saturated heterocycles. The molecule has 1 atom stereocenters. The van der Waals surface area contributed by atoms with E-state index in [2.05, 4.69) is 31.2 Å². The molecule has 2 aromatic heterocycles. The van der Waals surface area contributed by atoms with Crippen LogP contribution in [-0.4, -0.2) is 25.7 Å². The standard InChI is InChI=1S/C20H20BrN5O2S/c1-13(19(28)24-17-8-7-15(21)12-23-17)29-20-25-18(27)11-16(22)26(20)10-9-14-5-3-2-4-6-14/h2-8,11-13H,9-10,22H2,1H3,(H,23,24,28). The van der Waals surface area contributed by atoms with Gasteiger partial charge in [0.05, 0.1) is 5.25 Å². The number of nitrogen functional groups attached to an aromatic ring is 1. The summed E-state index contributed by atoms with van der Waals surface area (Å²) < 4.78 is 2.59. The van der Waals surface area contributed by atoms with Crippen molar-refractivity contribution < 1.29 is 4.79 Å². The largest absolute Gasteiger partial charge is 0.385 e. The quantitative estimate of drug-likeness (QED) is 0.402. The van der Waals surface area contributed by atoms with Gasteiger partial charge in [0.25, 0.3) is 5.56 Å². The third-order valence-corrected chi connectivity index (χ3v) is 5.68. The zero-order valence-electron chi connectivity index (χ0n) is 15.7. The molecular weight excluding hydrogens is 454 g/mol. The Balaban J connectivity index is 1.73. The lowest BCUT2D eigenvalue weighted by Gasteiger charge is -2.17. The van der Waals surface area contributed by atoms with E-state index in [1.807, 2.05) is 30.3 Å². The minimum Gasteiger partial charge on any atom is -0.385 e. The number of nitrogens with zero attached hydrogens (tertiary/aromatic N) is 3. The van der Waals surface area contributed by atoms with Crippen LogP contribution in [0.4, 0.5) is 11.6 Å². The Bertz CT molecular complexity index is 1040. The highest BCUT2D eigenvalue weighted by Crippen LogP contribution is 2.24. The summed E-state index contributed by atoms with van der Waals surface area (Å²) in [7, 11) is 0. The number of aromatic nitrogens is 3. The maximum atomic E-state index is 12.5. The van der Waals surface area contributed by atoms with E-state index in [4.69, 9.17) is 5.73 Å². The van der Waals surface area contributed by atoms with Crippen molar-refractivity contribution in [3.05, 3.63) is 75.1 Å². The third-order valence-electron chi connectivity index (χ3n) is 4.12. The Morgan fingerprint density at radius 2 is 2.03 bits per heavy atom. The molecule has 0 bridgehead atoms. The fraction of sp³-hybridized carbons (Fsp3) is 0.200. The van der Waals surface area contributed by atoms with Crippen LogP contribution in [0.15, 0.2) is 69.2 Å². The van der Waals surface area contributed by atoms with E-state index in [0.717, 1.165) is 16.5 Å². The molecule has 0 aliphatic heterocycles. The van der Waals surface area contributed by atoms with Gasteiger partial charge in [0.1, 0.15) is 11.6 Å². The van der Waals surface area contributed by atoms with Gasteiger partial charge >= 0.3 is 0 Å². The van der Waals surface area contributed by atoms with Crippen LogP contribution in [0.25, 0.3) is 0 Å². The molecule has 0 fully saturated rings. The maximum Gasteiger partial charge on any atom is 0.275 e. The normalized spacial score (nSPS) is 11.8. The first-order chi connectivity index (χ1) is 13.9. The summed E-state index contributed by atoms with van der Waals surface area (Å²) in [5.41, 5.74) is 6.79. The number of hydrogen-bond donors (Lipinski definition) is 2. The molecule has 1 aromatic carbocycles. The summed E-state index contributed by atoms with van der Waals surface area (Å²) in [6.07, 6.45) is 2.33. The monoisotopic (exact) mass is 473 g/mol. The van der Waals surface area contributed by atoms with Crippen molar-refractivity contribution >= 4 is 45.2 Å². The summed E-state index contributed by atoms with van der Waals surface area (Å²) in [5.74, 6) is 0.536. The molecule has 0 radical (unpaired) electrons. The smallest absolute Gasteiger partial charge is 0.275 e. The van der Waals surface area contributed by atoms with Gasteiger partial charge in [0.15, 0.2) is 5.16 Å². The summed E-state index contributed by atoms with van der Waals surface area (Å²) >= 11 is 4.49. The highest BCUT2D eigenvalue weighted by Gasteiger charge is 2.19. The zero-order chi connectivity index (χ0) is 20.8. The van der Waals surface area contributed by atoms with Crippen molar-refractivity contribution in [1.82, 2.24) is 14.5 Å². The van der Waals surface area contributed by atoms with Crippen LogP contribution in [0.3, 0.4) is 0 Å². The first-order valence-corrected chi connectivity index (χ1v) is 10.6. The van der Waals surface area contributed by atoms with Crippen LogP contribution >= 0.6 is 27.7 Å². The fourth-order valence-electron chi connectivity index (χ4n) is 2.59. The molecule has 150 valence electrons. The Labute approximate surface area is 180 Å². The number of rotatable bonds is 7. The number of nitrogens with one attached hydrogen (secondary N) is 1. The number of aryl methyl sites for hydroxylation is 1. The predicted octanol–water partition coefficient (Wildman–Crippen LogP) is 3.35. The molecule has 29 heavy (non-hydrogen) atoms. The van der Waals surface area contributed by atoms with E-state index in [1.54, 1.807) is 29.8 Å². The van der Waals surface area contributed by atoms with Crippen molar-refractivity contribution in [3.63, 3.8) is 0 Å². The summed E-state index contributed by atoms with van der Waals surface area (Å²) in [6.45, 7) is 2.30. The van der Waals surface area contributed by atoms with E-state index < -0.39 is 10.8 Å². The summed E-state index contributed by atoms with van der Waals surface area (Å²) in [5, 5.41) is 2.67. The summed E-state index contributed by atoms with van der Waals surface area (Å²) in [4.78, 5) is 32.6. The second-order valence-electron chi connectivity index (χ2n) is 6.30. The van der Waals surface area contributed by atoms with Gasteiger partial charge < -0.3 is 15.6 Å². The highest BCUT2D eigenvalue weighted by molar-refractivity contribution is 9.10. The predicted molar refractivity (Wildman–Crippen MR) is 119 cm³/mol. The first-order valence-electron chi connectivity index (χ1n) is 8.93. The number of pyridine rings is 1. The number of amides is 1. The highest BCUT2D eigenvalue weighted by atomic mass is 79.9. The Hall–Kier alpha value is -2.65. The number of carbonyl (C=O) groups excluding carboxylic acids is 1. The number of carbonyl (C=O) groups is 1. The lowest BCUT2D eigenvalue weighted by atomic mass is 10.1. The Kier molecular flexibility index (Phi) is 7.05. The molecule has 3 aromatic rings. The van der Waals surface area contributed by atoms with Gasteiger partial charge in [-0.1, -0.05) is 42.1 Å². The maximum absolute atomic E-state index is 12.5. The van der Waals surface area contributed by atoms with Crippen LogP contribution in [0.2, 0.25) is 0 Å². The molecule has 0 saturated carbocycles. The lowest BCUT2D eigenvalue weighted by molar-refractivity contribution is -0.115. The van der Waals surface area contributed by atoms with Gasteiger partial charge in [-0.2, -0.15) is 4.98 Å². The Morgan fingerprint density at radius 3 is 2.72 bits per heavy atom. The van der Waals surface area contributed by atoms with E-state index in [1.165, 1.54) is 17.8 Å². The van der Waals surface area contributed by atoms with Crippen LogP contribution < -0.4 is 16.6 Å². The van der Waals surface area contributed by atoms with Crippen LogP contribution in [0, 0.1) is 0 Å². The minimum absolute atomic E-state index is 0.240. The number of halogens is 1. The molecule has 2 heterocycles. The number of benzene rings is 1. The van der Waals surface area contributed by atoms with Crippen LogP contribution in [0.1, 0.15) is 12.5 Å². The molecule has 7 nitrogen and oxygen atoms in total. The van der Waals surface area contributed by atoms with Gasteiger partial charge in [0.2, 0.25) is 5.91 Å². The van der Waals surface area contributed by atoms with Gasteiger partial charge in [-0.15, -0.1) is 0 Å². The fourth-order valence-corrected chi connectivity index (χ4v) is 3.77. The third kappa shape index (κ3) is 5.91. The van der Waals surface area contributed by atoms with Crippen LogP contribution in [0.5, 0.6) is 0 Å². The van der Waals surface area contributed by atoms with Gasteiger partial charge in [-0.05, 0) is 47.0 Å². The molecule has 0 aliphatic carbocycles. The van der Waals surface area contributed by atoms with Gasteiger partial charge in [-0.3, -0.25) is 9.59 Å². The topological polar surface area (TPSA) is 103 Å². The first kappa shape index (κ1) is 21.1. The molecule has 1 amide bonds. The average molecular weight is 474 g/mol. The Morgan fingerprint density at radius 1 is 1.28 bits per heavy atom. The number of hydrogen-bond acceptors (Lipinski definition) is 6. The number of thioether (sulfide) groups is 1. The van der Waals surface area contributed by atoms with Gasteiger partial charge in [-0.25, -0.2) is 4.98 Å². The molecule has 3 N–H and O–H groups in total. The van der Waals surface area contributed by atoms with E-state index >= 15 is 0 Å². The molecule has 0 aliphatic rings. The molecule has 0 spiro atoms. The zero-order valence-corrected chi connectivity index (χ0v) is 18.1. The second kappa shape index (κ2) is 9.71. The molecule has 9 heteroatoms. The van der Waals surface area contributed by atoms with Gasteiger partial charge in [0, 0.05) is 23.3 Å². The molecule has 3 rings (SSSR count).